The largest absolute Gasteiger partial charge is 0.247 e. The molecule has 0 atom stereocenters. The number of hydrogen-bond donors (Lipinski definition) is 0. The zero-order chi connectivity index (χ0) is 47.8. The molecule has 1 heterocycles. The van der Waals surface area contributed by atoms with E-state index in [4.69, 9.17) is 4.98 Å². The third-order valence-corrected chi connectivity index (χ3v) is 16.4. The number of nitrogens with zero attached hydrogens (tertiary/aromatic N) is 1. The summed E-state index contributed by atoms with van der Waals surface area (Å²) in [5.74, 6) is 0. The number of rotatable bonds is 4. The van der Waals surface area contributed by atoms with E-state index in [2.05, 4.69) is 261 Å². The van der Waals surface area contributed by atoms with Gasteiger partial charge in [0.25, 0.3) is 0 Å². The molecule has 0 amide bonds. The molecule has 1 aromatic heterocycles. The van der Waals surface area contributed by atoms with Crippen molar-refractivity contribution in [1.29, 1.82) is 0 Å². The van der Waals surface area contributed by atoms with E-state index in [9.17, 15) is 0 Å². The summed E-state index contributed by atoms with van der Waals surface area (Å²) in [7, 11) is 0. The van der Waals surface area contributed by atoms with E-state index >= 15 is 0 Å². The van der Waals surface area contributed by atoms with Crippen molar-refractivity contribution in [3.8, 4) is 66.9 Å². The summed E-state index contributed by atoms with van der Waals surface area (Å²) in [5, 5.41) is 13.5. The Morgan fingerprint density at radius 1 is 0.247 bits per heavy atom. The van der Waals surface area contributed by atoms with Crippen LogP contribution in [-0.4, -0.2) is 4.98 Å². The zero-order valence-electron chi connectivity index (χ0n) is 39.8. The lowest BCUT2D eigenvalue weighted by Crippen LogP contribution is -2.25. The van der Waals surface area contributed by atoms with Gasteiger partial charge in [-0.25, -0.2) is 4.98 Å². The van der Waals surface area contributed by atoms with Crippen molar-refractivity contribution in [2.45, 2.75) is 5.41 Å². The quantitative estimate of drug-likeness (QED) is 0.127. The Hall–Kier alpha value is -9.43. The zero-order valence-corrected chi connectivity index (χ0v) is 39.8. The van der Waals surface area contributed by atoms with Crippen LogP contribution in [0.4, 0.5) is 0 Å². The molecule has 1 nitrogen and oxygen atoms in total. The van der Waals surface area contributed by atoms with Crippen LogP contribution >= 0.6 is 0 Å². The number of fused-ring (bicyclic) bond motifs is 18. The van der Waals surface area contributed by atoms with Gasteiger partial charge in [-0.2, -0.15) is 0 Å². The second-order valence-corrected chi connectivity index (χ2v) is 20.0. The molecule has 2 aliphatic carbocycles. The Balaban J connectivity index is 0.916. The third kappa shape index (κ3) is 5.65. The molecule has 0 fully saturated rings. The lowest BCUT2D eigenvalue weighted by atomic mass is 9.70. The Kier molecular flexibility index (Phi) is 8.44. The van der Waals surface area contributed by atoms with Crippen LogP contribution in [0, 0.1) is 0 Å². The van der Waals surface area contributed by atoms with Crippen LogP contribution in [0.15, 0.2) is 261 Å². The molecule has 0 bridgehead atoms. The summed E-state index contributed by atoms with van der Waals surface area (Å²) in [5.41, 5.74) is 20.5. The number of aromatic nitrogens is 1. The minimum absolute atomic E-state index is 0.443. The normalized spacial score (nSPS) is 13.0. The summed E-state index contributed by atoms with van der Waals surface area (Å²) in [6.07, 6.45) is 0. The van der Waals surface area contributed by atoms with E-state index < -0.39 is 5.41 Å². The van der Waals surface area contributed by atoms with Gasteiger partial charge in [0.05, 0.1) is 16.6 Å². The molecule has 0 unspecified atom stereocenters. The SMILES string of the molecule is c1ccc2c(c1)-c1ccccc1C21c2ccccc2-c2c1ccc1c2c(-c2ccc(-c3ccc4c(-c5ccc6ccccc6c5)c5ccccc5c(-c5ccc6ccccc6c5)c4c3)cc2)nc2ccccc21. The van der Waals surface area contributed by atoms with Crippen LogP contribution in [0.5, 0.6) is 0 Å². The van der Waals surface area contributed by atoms with Crippen LogP contribution in [0.1, 0.15) is 22.3 Å². The fourth-order valence-electron chi connectivity index (χ4n) is 13.3. The van der Waals surface area contributed by atoms with E-state index in [1.54, 1.807) is 0 Å². The van der Waals surface area contributed by atoms with Gasteiger partial charge in [0.1, 0.15) is 0 Å². The highest BCUT2D eigenvalue weighted by atomic mass is 14.7. The van der Waals surface area contributed by atoms with Crippen molar-refractivity contribution in [2.24, 2.45) is 0 Å². The van der Waals surface area contributed by atoms with Crippen molar-refractivity contribution in [2.75, 3.05) is 0 Å². The molecular formula is C72H43N. The van der Waals surface area contributed by atoms with E-state index in [0.29, 0.717) is 0 Å². The van der Waals surface area contributed by atoms with E-state index in [1.165, 1.54) is 132 Å². The van der Waals surface area contributed by atoms with Gasteiger partial charge < -0.3 is 0 Å². The first-order chi connectivity index (χ1) is 36.2. The number of pyridine rings is 1. The standard InChI is InChI=1S/C72H43N/c1-3-17-48-41-51(35-31-44(48)15-1)67-56-22-5-6-23-57(56)68(52-36-32-45-16-2-4-18-49(45)42-52)61-43-50(37-38-59(61)67)46-29-33-47(34-30-46)71-70-58(55-21-10-14-28-66(55)73-71)39-40-65-69(70)60-24-9-13-27-64(60)72(65)62-25-11-7-19-53(62)54-20-8-12-26-63(54)72/h1-43H. The fraction of sp³-hybridized carbons (Fsp3) is 0.0139. The first-order valence-electron chi connectivity index (χ1n) is 25.4. The average molecular weight is 922 g/mol. The molecule has 0 N–H and O–H groups in total. The lowest BCUT2D eigenvalue weighted by molar-refractivity contribution is 0.794. The molecule has 0 radical (unpaired) electrons. The molecule has 0 aliphatic heterocycles. The fourth-order valence-corrected chi connectivity index (χ4v) is 13.3. The summed E-state index contributed by atoms with van der Waals surface area (Å²) in [6.45, 7) is 0. The minimum Gasteiger partial charge on any atom is -0.247 e. The van der Waals surface area contributed by atoms with Gasteiger partial charge in [0.2, 0.25) is 0 Å². The Morgan fingerprint density at radius 3 is 1.34 bits per heavy atom. The maximum Gasteiger partial charge on any atom is 0.0794 e. The van der Waals surface area contributed by atoms with Gasteiger partial charge >= 0.3 is 0 Å². The number of benzene rings is 13. The summed E-state index contributed by atoms with van der Waals surface area (Å²) < 4.78 is 0. The molecule has 336 valence electrons. The Labute approximate surface area is 422 Å². The summed E-state index contributed by atoms with van der Waals surface area (Å²) in [4.78, 5) is 5.62. The number of hydrogen-bond acceptors (Lipinski definition) is 1. The van der Waals surface area contributed by atoms with Gasteiger partial charge in [-0.3, -0.25) is 0 Å². The maximum absolute atomic E-state index is 5.62. The Morgan fingerprint density at radius 2 is 0.699 bits per heavy atom. The summed E-state index contributed by atoms with van der Waals surface area (Å²) >= 11 is 0. The number of para-hydroxylation sites is 1. The van der Waals surface area contributed by atoms with Crippen LogP contribution in [-0.2, 0) is 5.41 Å². The van der Waals surface area contributed by atoms with Crippen LogP contribution in [0.25, 0.3) is 132 Å². The highest BCUT2D eigenvalue weighted by Gasteiger charge is 2.52. The van der Waals surface area contributed by atoms with E-state index in [0.717, 1.165) is 22.3 Å². The van der Waals surface area contributed by atoms with E-state index in [-0.39, 0.29) is 0 Å². The molecule has 13 aromatic carbocycles. The molecule has 1 spiro atoms. The molecule has 2 aliphatic rings. The maximum atomic E-state index is 5.62. The lowest BCUT2D eigenvalue weighted by Gasteiger charge is -2.30. The molecule has 73 heavy (non-hydrogen) atoms. The van der Waals surface area contributed by atoms with Gasteiger partial charge in [-0.1, -0.05) is 237 Å². The van der Waals surface area contributed by atoms with Crippen molar-refractivity contribution >= 4 is 64.8 Å². The molecule has 0 saturated carbocycles. The highest BCUT2D eigenvalue weighted by Crippen LogP contribution is 2.64. The van der Waals surface area contributed by atoms with Crippen molar-refractivity contribution < 1.29 is 0 Å². The van der Waals surface area contributed by atoms with Crippen LogP contribution in [0.2, 0.25) is 0 Å². The van der Waals surface area contributed by atoms with Crippen molar-refractivity contribution in [1.82, 2.24) is 4.98 Å². The first-order valence-corrected chi connectivity index (χ1v) is 25.4. The predicted octanol–water partition coefficient (Wildman–Crippen LogP) is 19.0. The second-order valence-electron chi connectivity index (χ2n) is 20.0. The highest BCUT2D eigenvalue weighted by molar-refractivity contribution is 6.23. The van der Waals surface area contributed by atoms with E-state index in [1.807, 2.05) is 0 Å². The second kappa shape index (κ2) is 15.3. The first kappa shape index (κ1) is 40.3. The molecule has 14 aromatic rings. The predicted molar refractivity (Wildman–Crippen MR) is 307 cm³/mol. The summed E-state index contributed by atoms with van der Waals surface area (Å²) in [6, 6.07) is 97.3. The topological polar surface area (TPSA) is 12.9 Å². The molecule has 0 saturated heterocycles. The van der Waals surface area contributed by atoms with Crippen LogP contribution < -0.4 is 0 Å². The molecule has 1 heteroatoms. The van der Waals surface area contributed by atoms with Crippen molar-refractivity contribution in [3.63, 3.8) is 0 Å². The van der Waals surface area contributed by atoms with Gasteiger partial charge in [-0.15, -0.1) is 0 Å². The van der Waals surface area contributed by atoms with Gasteiger partial charge in [0.15, 0.2) is 0 Å². The molecular weight excluding hydrogens is 879 g/mol. The van der Waals surface area contributed by atoms with Crippen LogP contribution in [0.3, 0.4) is 0 Å². The Bertz CT molecular complexity index is 4630. The third-order valence-electron chi connectivity index (χ3n) is 16.4. The smallest absolute Gasteiger partial charge is 0.0794 e. The minimum atomic E-state index is -0.443. The monoisotopic (exact) mass is 921 g/mol. The van der Waals surface area contributed by atoms with Crippen molar-refractivity contribution in [3.05, 3.63) is 283 Å². The van der Waals surface area contributed by atoms with Gasteiger partial charge in [0, 0.05) is 16.3 Å². The van der Waals surface area contributed by atoms with Gasteiger partial charge in [-0.05, 0) is 151 Å². The molecule has 16 rings (SSSR count). The average Bonchev–Trinajstić information content (AvgIpc) is 4.02.